The van der Waals surface area contributed by atoms with Gasteiger partial charge in [-0.25, -0.2) is 0 Å². The number of aromatic nitrogens is 1. The number of hydrogen-bond acceptors (Lipinski definition) is 1. The maximum atomic E-state index is 11.8. The van der Waals surface area contributed by atoms with E-state index in [0.29, 0.717) is 0 Å². The van der Waals surface area contributed by atoms with Crippen LogP contribution in [0.1, 0.15) is 0 Å². The molecule has 0 radical (unpaired) electrons. The molecule has 0 saturated carbocycles. The van der Waals surface area contributed by atoms with Gasteiger partial charge < -0.3 is 12.9 Å². The smallest absolute Gasteiger partial charge is 0.445 e. The van der Waals surface area contributed by atoms with Crippen molar-refractivity contribution in [2.75, 3.05) is 0 Å². The molecule has 0 aliphatic carbocycles. The number of nitrogens with zero attached hydrogens (tertiary/aromatic N) is 1. The Balaban J connectivity index is 0.000001000. The Labute approximate surface area is 105 Å². The average molecular weight is 185 g/mol. The summed E-state index contributed by atoms with van der Waals surface area (Å²) in [5, 5.41) is 0. The van der Waals surface area contributed by atoms with E-state index in [2.05, 4.69) is 4.98 Å². The molecule has 0 fully saturated rings. The van der Waals surface area contributed by atoms with Crippen LogP contribution >= 0.6 is 0 Å². The minimum absolute atomic E-state index is 0. The summed E-state index contributed by atoms with van der Waals surface area (Å²) in [6.45, 7) is -4.87. The predicted molar refractivity (Wildman–Crippen MR) is 32.9 cm³/mol. The first-order chi connectivity index (χ1) is 4.61. The molecule has 0 atom stereocenters. The fraction of sp³-hybridized carbons (Fsp3) is 0. The Morgan fingerprint density at radius 1 is 1.27 bits per heavy atom. The fourth-order valence-electron chi connectivity index (χ4n) is 0.570. The normalized spacial score (nSPS) is 10.5. The topological polar surface area (TPSA) is 12.9 Å². The molecule has 1 nitrogen and oxygen atoms in total. The van der Waals surface area contributed by atoms with Gasteiger partial charge in [0.1, 0.15) is 0 Å². The summed E-state index contributed by atoms with van der Waals surface area (Å²) >= 11 is 0. The van der Waals surface area contributed by atoms with E-state index in [0.717, 1.165) is 12.3 Å². The van der Waals surface area contributed by atoms with Gasteiger partial charge in [0.25, 0.3) is 0 Å². The third-order valence-corrected chi connectivity index (χ3v) is 1.06. The Hall–Kier alpha value is 0.641. The van der Waals surface area contributed by atoms with Gasteiger partial charge in [-0.15, -0.1) is 0 Å². The van der Waals surface area contributed by atoms with Gasteiger partial charge >= 0.3 is 58.4 Å². The van der Waals surface area contributed by atoms with Crippen molar-refractivity contribution >= 4 is 12.4 Å². The van der Waals surface area contributed by atoms with Crippen molar-refractivity contribution in [1.82, 2.24) is 4.98 Å². The molecular weight excluding hydrogens is 181 g/mol. The second kappa shape index (κ2) is 4.61. The number of pyridine rings is 1. The van der Waals surface area contributed by atoms with E-state index in [1.165, 1.54) is 12.3 Å². The molecule has 0 N–H and O–H groups in total. The second-order valence-electron chi connectivity index (χ2n) is 1.86. The van der Waals surface area contributed by atoms with Crippen molar-refractivity contribution in [3.05, 3.63) is 24.5 Å². The van der Waals surface area contributed by atoms with Crippen LogP contribution in [0.5, 0.6) is 0 Å². The molecule has 1 rings (SSSR count). The Morgan fingerprint density at radius 2 is 1.91 bits per heavy atom. The van der Waals surface area contributed by atoms with Crippen LogP contribution in [0.2, 0.25) is 0 Å². The fourth-order valence-corrected chi connectivity index (χ4v) is 0.570. The monoisotopic (exact) mass is 185 g/mol. The Bertz CT molecular complexity index is 213. The molecule has 11 heavy (non-hydrogen) atoms. The van der Waals surface area contributed by atoms with Crippen molar-refractivity contribution in [3.63, 3.8) is 0 Å². The predicted octanol–water partition coefficient (Wildman–Crippen LogP) is -1.86. The zero-order chi connectivity index (χ0) is 7.61. The van der Waals surface area contributed by atoms with Gasteiger partial charge in [-0.05, 0) is 12.3 Å². The second-order valence-corrected chi connectivity index (χ2v) is 1.86. The summed E-state index contributed by atoms with van der Waals surface area (Å²) in [5.74, 6) is 0. The molecule has 0 aromatic carbocycles. The molecule has 0 amide bonds. The van der Waals surface area contributed by atoms with Crippen molar-refractivity contribution in [3.8, 4) is 0 Å². The number of rotatable bonds is 1. The molecule has 54 valence electrons. The molecule has 0 spiro atoms. The molecule has 0 saturated heterocycles. The molecule has 0 unspecified atom stereocenters. The van der Waals surface area contributed by atoms with Crippen molar-refractivity contribution in [2.45, 2.75) is 0 Å². The summed E-state index contributed by atoms with van der Waals surface area (Å²) in [4.78, 5) is 3.35. The summed E-state index contributed by atoms with van der Waals surface area (Å²) in [7, 11) is 0. The van der Waals surface area contributed by atoms with Crippen molar-refractivity contribution in [2.24, 2.45) is 0 Å². The third kappa shape index (κ3) is 3.71. The van der Waals surface area contributed by atoms with Crippen LogP contribution < -0.4 is 56.8 Å². The third-order valence-electron chi connectivity index (χ3n) is 1.06. The van der Waals surface area contributed by atoms with Crippen LogP contribution in [0.25, 0.3) is 0 Å². The quantitative estimate of drug-likeness (QED) is 0.467. The molecule has 0 bridgehead atoms. The average Bonchev–Trinajstić information content (AvgIpc) is 1.88. The first-order valence-corrected chi connectivity index (χ1v) is 2.70. The molecule has 0 aliphatic rings. The Morgan fingerprint density at radius 3 is 2.18 bits per heavy atom. The molecule has 1 aromatic rings. The zero-order valence-electron chi connectivity index (χ0n) is 5.97. The van der Waals surface area contributed by atoms with E-state index in [1.54, 1.807) is 0 Å². The van der Waals surface area contributed by atoms with Crippen LogP contribution in [0, 0.1) is 0 Å². The zero-order valence-corrected chi connectivity index (χ0v) is 9.09. The molecular formula is C5H4BF3KN. The first kappa shape index (κ1) is 11.6. The van der Waals surface area contributed by atoms with Crippen molar-refractivity contribution in [1.29, 1.82) is 0 Å². The van der Waals surface area contributed by atoms with Gasteiger partial charge in [0.05, 0.1) is 0 Å². The summed E-state index contributed by atoms with van der Waals surface area (Å²) < 4.78 is 35.4. The summed E-state index contributed by atoms with van der Waals surface area (Å²) in [6.07, 6.45) is 2.13. The van der Waals surface area contributed by atoms with Gasteiger partial charge in [-0.2, -0.15) is 0 Å². The Kier molecular flexibility index (Phi) is 4.88. The summed E-state index contributed by atoms with van der Waals surface area (Å²) in [5.41, 5.74) is -0.650. The van der Waals surface area contributed by atoms with Gasteiger partial charge in [-0.1, -0.05) is 11.5 Å². The maximum absolute atomic E-state index is 11.8. The van der Waals surface area contributed by atoms with Crippen molar-refractivity contribution < 1.29 is 64.3 Å². The van der Waals surface area contributed by atoms with Crippen LogP contribution in [0.15, 0.2) is 24.5 Å². The van der Waals surface area contributed by atoms with Gasteiger partial charge in [0.2, 0.25) is 0 Å². The number of halogens is 3. The van der Waals surface area contributed by atoms with Crippen LogP contribution in [-0.2, 0) is 0 Å². The van der Waals surface area contributed by atoms with E-state index >= 15 is 0 Å². The summed E-state index contributed by atoms with van der Waals surface area (Å²) in [6, 6.07) is 2.28. The van der Waals surface area contributed by atoms with E-state index in [4.69, 9.17) is 0 Å². The molecule has 6 heteroatoms. The molecule has 1 heterocycles. The van der Waals surface area contributed by atoms with Gasteiger partial charge in [0.15, 0.2) is 0 Å². The molecule has 1 aromatic heterocycles. The van der Waals surface area contributed by atoms with E-state index in [1.807, 2.05) is 0 Å². The minimum Gasteiger partial charge on any atom is -0.445 e. The largest absolute Gasteiger partial charge is 1.00 e. The van der Waals surface area contributed by atoms with Crippen LogP contribution in [-0.4, -0.2) is 12.0 Å². The number of hydrogen-bond donors (Lipinski definition) is 0. The van der Waals surface area contributed by atoms with E-state index < -0.39 is 12.4 Å². The standard InChI is InChI=1S/C5H4BF3N.K/c7-6(8,9)5-2-1-3-10-4-5;/h1-4H;/q-1;+1. The van der Waals surface area contributed by atoms with Crippen LogP contribution in [0.4, 0.5) is 12.9 Å². The molecule has 0 aliphatic heterocycles. The SMILES string of the molecule is F[B-](F)(F)c1cccnc1.[K+]. The minimum atomic E-state index is -4.87. The van der Waals surface area contributed by atoms with Gasteiger partial charge in [0, 0.05) is 6.20 Å². The van der Waals surface area contributed by atoms with Gasteiger partial charge in [-0.3, -0.25) is 4.98 Å². The maximum Gasteiger partial charge on any atom is 1.00 e. The van der Waals surface area contributed by atoms with E-state index in [-0.39, 0.29) is 51.4 Å². The van der Waals surface area contributed by atoms with Crippen LogP contribution in [0.3, 0.4) is 0 Å². The van der Waals surface area contributed by atoms with E-state index in [9.17, 15) is 12.9 Å². The first-order valence-electron chi connectivity index (χ1n) is 2.70.